The molecule has 1 saturated heterocycles. The van der Waals surface area contributed by atoms with Crippen molar-refractivity contribution in [1.82, 2.24) is 24.8 Å². The molecule has 0 unspecified atom stereocenters. The number of hydrogen-bond donors (Lipinski definition) is 2. The molecule has 3 heterocycles. The Bertz CT molecular complexity index is 573. The average molecular weight is 272 g/mol. The van der Waals surface area contributed by atoms with E-state index in [-0.39, 0.29) is 5.54 Å². The molecule has 2 aromatic heterocycles. The van der Waals surface area contributed by atoms with Gasteiger partial charge in [0.2, 0.25) is 0 Å². The van der Waals surface area contributed by atoms with Crippen molar-refractivity contribution in [2.45, 2.75) is 38.8 Å². The quantitative estimate of drug-likeness (QED) is 0.886. The van der Waals surface area contributed by atoms with Gasteiger partial charge in [-0.05, 0) is 33.2 Å². The summed E-state index contributed by atoms with van der Waals surface area (Å²) in [4.78, 5) is 18.9. The third kappa shape index (κ3) is 2.27. The predicted molar refractivity (Wildman–Crippen MR) is 76.8 cm³/mol. The van der Waals surface area contributed by atoms with Gasteiger partial charge < -0.3 is 10.7 Å². The van der Waals surface area contributed by atoms with E-state index in [1.54, 1.807) is 12.3 Å². The summed E-state index contributed by atoms with van der Waals surface area (Å²) < 4.78 is 0. The Balaban J connectivity index is 1.92. The lowest BCUT2D eigenvalue weighted by molar-refractivity contribution is 0.134. The van der Waals surface area contributed by atoms with Crippen molar-refractivity contribution in [3.63, 3.8) is 0 Å². The minimum Gasteiger partial charge on any atom is -0.384 e. The monoisotopic (exact) mass is 272 g/mol. The highest BCUT2D eigenvalue weighted by Gasteiger charge is 2.41. The van der Waals surface area contributed by atoms with Crippen LogP contribution in [0.25, 0.3) is 0 Å². The number of H-pyrrole nitrogens is 1. The zero-order chi connectivity index (χ0) is 14.2. The van der Waals surface area contributed by atoms with Crippen LogP contribution < -0.4 is 5.73 Å². The van der Waals surface area contributed by atoms with E-state index in [9.17, 15) is 0 Å². The minimum atomic E-state index is -0.174. The highest BCUT2D eigenvalue weighted by molar-refractivity contribution is 5.31. The van der Waals surface area contributed by atoms with Gasteiger partial charge in [-0.1, -0.05) is 0 Å². The summed E-state index contributed by atoms with van der Waals surface area (Å²) in [6.45, 7) is 5.95. The highest BCUT2D eigenvalue weighted by Crippen LogP contribution is 2.37. The maximum absolute atomic E-state index is 5.88. The van der Waals surface area contributed by atoms with Crippen LogP contribution in [0.15, 0.2) is 18.5 Å². The Morgan fingerprint density at radius 3 is 3.00 bits per heavy atom. The number of imidazole rings is 1. The molecular formula is C14H20N6. The van der Waals surface area contributed by atoms with E-state index in [2.05, 4.69) is 31.8 Å². The number of nitrogens with zero attached hydrogens (tertiary/aromatic N) is 4. The molecule has 3 rings (SSSR count). The summed E-state index contributed by atoms with van der Waals surface area (Å²) in [7, 11) is 0. The molecule has 0 amide bonds. The fraction of sp³-hybridized carbons (Fsp3) is 0.500. The molecule has 3 N–H and O–H groups in total. The fourth-order valence-electron chi connectivity index (χ4n) is 2.92. The minimum absolute atomic E-state index is 0.174. The first kappa shape index (κ1) is 13.1. The molecule has 6 heteroatoms. The van der Waals surface area contributed by atoms with E-state index in [0.717, 1.165) is 43.3 Å². The number of nitrogen functional groups attached to an aromatic ring is 1. The molecule has 2 aromatic rings. The Morgan fingerprint density at radius 2 is 2.30 bits per heavy atom. The van der Waals surface area contributed by atoms with Gasteiger partial charge in [-0.2, -0.15) is 0 Å². The van der Waals surface area contributed by atoms with E-state index < -0.39 is 0 Å². The first-order valence-electron chi connectivity index (χ1n) is 6.93. The van der Waals surface area contributed by atoms with E-state index in [4.69, 9.17) is 5.73 Å². The van der Waals surface area contributed by atoms with Gasteiger partial charge in [-0.25, -0.2) is 15.0 Å². The van der Waals surface area contributed by atoms with Crippen LogP contribution in [0.3, 0.4) is 0 Å². The number of aromatic nitrogens is 4. The van der Waals surface area contributed by atoms with Crippen LogP contribution in [0.4, 0.5) is 5.82 Å². The predicted octanol–water partition coefficient (Wildman–Crippen LogP) is 1.60. The van der Waals surface area contributed by atoms with Crippen molar-refractivity contribution in [1.29, 1.82) is 0 Å². The van der Waals surface area contributed by atoms with Crippen molar-refractivity contribution in [3.8, 4) is 0 Å². The Hall–Kier alpha value is -1.95. The van der Waals surface area contributed by atoms with Gasteiger partial charge in [0.15, 0.2) is 5.82 Å². The van der Waals surface area contributed by atoms with Gasteiger partial charge in [0, 0.05) is 24.2 Å². The van der Waals surface area contributed by atoms with Gasteiger partial charge in [-0.15, -0.1) is 0 Å². The number of likely N-dealkylation sites (tertiary alicyclic amines) is 1. The SMILES string of the molecule is Cc1cc(N)nc([C@]2(C)CCCN2Cc2ncc[nH]2)n1. The van der Waals surface area contributed by atoms with Crippen LogP contribution in [-0.4, -0.2) is 31.4 Å². The lowest BCUT2D eigenvalue weighted by Gasteiger charge is -2.33. The number of aryl methyl sites for hydroxylation is 1. The maximum atomic E-state index is 5.88. The molecule has 6 nitrogen and oxygen atoms in total. The Morgan fingerprint density at radius 1 is 1.45 bits per heavy atom. The Kier molecular flexibility index (Phi) is 3.17. The van der Waals surface area contributed by atoms with Gasteiger partial charge in [-0.3, -0.25) is 4.90 Å². The van der Waals surface area contributed by atoms with Crippen LogP contribution in [0, 0.1) is 6.92 Å². The zero-order valence-corrected chi connectivity index (χ0v) is 11.9. The largest absolute Gasteiger partial charge is 0.384 e. The molecule has 1 atom stereocenters. The maximum Gasteiger partial charge on any atom is 0.150 e. The molecular weight excluding hydrogens is 252 g/mol. The smallest absolute Gasteiger partial charge is 0.150 e. The van der Waals surface area contributed by atoms with Crippen molar-refractivity contribution in [2.75, 3.05) is 12.3 Å². The molecule has 106 valence electrons. The van der Waals surface area contributed by atoms with Crippen molar-refractivity contribution in [2.24, 2.45) is 0 Å². The van der Waals surface area contributed by atoms with E-state index in [1.165, 1.54) is 0 Å². The first-order chi connectivity index (χ1) is 9.58. The van der Waals surface area contributed by atoms with Crippen molar-refractivity contribution < 1.29 is 0 Å². The summed E-state index contributed by atoms with van der Waals surface area (Å²) in [5.41, 5.74) is 6.62. The second-order valence-corrected chi connectivity index (χ2v) is 5.59. The normalized spacial score (nSPS) is 23.3. The highest BCUT2D eigenvalue weighted by atomic mass is 15.3. The number of hydrogen-bond acceptors (Lipinski definition) is 5. The second-order valence-electron chi connectivity index (χ2n) is 5.59. The summed E-state index contributed by atoms with van der Waals surface area (Å²) in [6, 6.07) is 1.80. The summed E-state index contributed by atoms with van der Waals surface area (Å²) in [5, 5.41) is 0. The third-order valence-electron chi connectivity index (χ3n) is 4.04. The van der Waals surface area contributed by atoms with Crippen LogP contribution in [0.2, 0.25) is 0 Å². The topological polar surface area (TPSA) is 83.7 Å². The first-order valence-corrected chi connectivity index (χ1v) is 6.93. The van der Waals surface area contributed by atoms with Crippen molar-refractivity contribution >= 4 is 5.82 Å². The zero-order valence-electron chi connectivity index (χ0n) is 11.9. The van der Waals surface area contributed by atoms with E-state index in [1.807, 2.05) is 13.1 Å². The molecule has 1 aliphatic heterocycles. The molecule has 0 radical (unpaired) electrons. The van der Waals surface area contributed by atoms with Crippen LogP contribution in [-0.2, 0) is 12.1 Å². The summed E-state index contributed by atoms with van der Waals surface area (Å²) in [5.74, 6) is 2.33. The second kappa shape index (κ2) is 4.86. The molecule has 1 fully saturated rings. The molecule has 0 saturated carbocycles. The van der Waals surface area contributed by atoms with E-state index >= 15 is 0 Å². The third-order valence-corrected chi connectivity index (χ3v) is 4.04. The van der Waals surface area contributed by atoms with Crippen LogP contribution in [0.5, 0.6) is 0 Å². The lowest BCUT2D eigenvalue weighted by Crippen LogP contribution is -2.40. The summed E-state index contributed by atoms with van der Waals surface area (Å²) in [6.07, 6.45) is 5.80. The average Bonchev–Trinajstić information content (AvgIpc) is 3.00. The van der Waals surface area contributed by atoms with Gasteiger partial charge in [0.05, 0.1) is 12.1 Å². The Labute approximate surface area is 118 Å². The summed E-state index contributed by atoms with van der Waals surface area (Å²) >= 11 is 0. The molecule has 0 aromatic carbocycles. The number of nitrogens with one attached hydrogen (secondary N) is 1. The van der Waals surface area contributed by atoms with Crippen LogP contribution in [0.1, 0.15) is 37.1 Å². The standard InChI is InChI=1S/C14H20N6/c1-10-8-11(15)19-13(18-10)14(2)4-3-7-20(14)9-12-16-5-6-17-12/h5-6,8H,3-4,7,9H2,1-2H3,(H,16,17)(H2,15,18,19)/t14-/m0/s1. The van der Waals surface area contributed by atoms with Crippen LogP contribution >= 0.6 is 0 Å². The molecule has 0 bridgehead atoms. The lowest BCUT2D eigenvalue weighted by atomic mass is 9.97. The number of nitrogens with two attached hydrogens (primary N) is 1. The number of rotatable bonds is 3. The van der Waals surface area contributed by atoms with Gasteiger partial charge in [0.1, 0.15) is 11.6 Å². The van der Waals surface area contributed by atoms with Gasteiger partial charge in [0.25, 0.3) is 0 Å². The molecule has 0 spiro atoms. The molecule has 20 heavy (non-hydrogen) atoms. The van der Waals surface area contributed by atoms with Gasteiger partial charge >= 0.3 is 0 Å². The van der Waals surface area contributed by atoms with Crippen molar-refractivity contribution in [3.05, 3.63) is 35.8 Å². The molecule has 1 aliphatic rings. The molecule has 0 aliphatic carbocycles. The number of aromatic amines is 1. The fourth-order valence-corrected chi connectivity index (χ4v) is 2.92. The number of anilines is 1. The van der Waals surface area contributed by atoms with E-state index in [0.29, 0.717) is 5.82 Å².